The minimum absolute atomic E-state index is 0.140. The van der Waals surface area contributed by atoms with E-state index in [0.717, 1.165) is 6.07 Å². The Kier molecular flexibility index (Phi) is 5.54. The Morgan fingerprint density at radius 2 is 1.75 bits per heavy atom. The van der Waals surface area contributed by atoms with E-state index in [1.807, 2.05) is 13.8 Å². The van der Waals surface area contributed by atoms with E-state index in [1.165, 1.54) is 0 Å². The molecule has 7 heteroatoms. The van der Waals surface area contributed by atoms with Gasteiger partial charge in [0.25, 0.3) is 0 Å². The van der Waals surface area contributed by atoms with Crippen molar-refractivity contribution in [2.24, 2.45) is 5.92 Å². The zero-order chi connectivity index (χ0) is 15.3. The van der Waals surface area contributed by atoms with Gasteiger partial charge in [0.05, 0.1) is 12.2 Å². The average Bonchev–Trinajstić information content (AvgIpc) is 2.36. The topological polar surface area (TPSA) is 58.2 Å². The summed E-state index contributed by atoms with van der Waals surface area (Å²) in [6.07, 6.45) is 0.257. The molecule has 0 fully saturated rings. The van der Waals surface area contributed by atoms with Gasteiger partial charge >= 0.3 is 0 Å². The van der Waals surface area contributed by atoms with Gasteiger partial charge in [0.1, 0.15) is 0 Å². The van der Waals surface area contributed by atoms with E-state index in [9.17, 15) is 22.8 Å². The normalized spacial score (nSPS) is 10.5. The summed E-state index contributed by atoms with van der Waals surface area (Å²) in [7, 11) is 0. The summed E-state index contributed by atoms with van der Waals surface area (Å²) in [6, 6.07) is 1.60. The molecule has 0 unspecified atom stereocenters. The molecule has 0 heterocycles. The van der Waals surface area contributed by atoms with Gasteiger partial charge in [0.2, 0.25) is 11.8 Å². The number of nitrogens with one attached hydrogen (secondary N) is 2. The lowest BCUT2D eigenvalue weighted by Crippen LogP contribution is -2.33. The predicted molar refractivity (Wildman–Crippen MR) is 67.4 cm³/mol. The van der Waals surface area contributed by atoms with Gasteiger partial charge in [-0.15, -0.1) is 0 Å². The van der Waals surface area contributed by atoms with Crippen molar-refractivity contribution in [1.29, 1.82) is 0 Å². The maximum absolute atomic E-state index is 13.3. The van der Waals surface area contributed by atoms with E-state index in [0.29, 0.717) is 6.07 Å². The fourth-order valence-electron chi connectivity index (χ4n) is 1.44. The molecule has 0 saturated carbocycles. The monoisotopic (exact) mass is 288 g/mol. The molecule has 2 N–H and O–H groups in total. The van der Waals surface area contributed by atoms with Crippen LogP contribution in [-0.4, -0.2) is 18.4 Å². The lowest BCUT2D eigenvalue weighted by Gasteiger charge is -2.09. The van der Waals surface area contributed by atoms with Gasteiger partial charge in [-0.3, -0.25) is 9.59 Å². The van der Waals surface area contributed by atoms with E-state index in [2.05, 4.69) is 10.6 Å². The van der Waals surface area contributed by atoms with Crippen LogP contribution in [0.2, 0.25) is 0 Å². The molecule has 0 aliphatic rings. The van der Waals surface area contributed by atoms with Crippen LogP contribution in [0, 0.1) is 23.4 Å². The number of amides is 2. The van der Waals surface area contributed by atoms with Crippen molar-refractivity contribution in [2.45, 2.75) is 20.3 Å². The maximum Gasteiger partial charge on any atom is 0.243 e. The van der Waals surface area contributed by atoms with Gasteiger partial charge in [0.15, 0.2) is 17.5 Å². The molecule has 4 nitrogen and oxygen atoms in total. The molecule has 0 spiro atoms. The number of carbonyl (C=O) groups is 2. The molecule has 0 saturated heterocycles. The molecular weight excluding hydrogens is 273 g/mol. The van der Waals surface area contributed by atoms with E-state index >= 15 is 0 Å². The van der Waals surface area contributed by atoms with Crippen molar-refractivity contribution in [3.63, 3.8) is 0 Å². The zero-order valence-corrected chi connectivity index (χ0v) is 11.1. The Morgan fingerprint density at radius 1 is 1.10 bits per heavy atom. The van der Waals surface area contributed by atoms with Crippen LogP contribution in [0.15, 0.2) is 12.1 Å². The highest BCUT2D eigenvalue weighted by atomic mass is 19.2. The Balaban J connectivity index is 2.55. The third-order valence-electron chi connectivity index (χ3n) is 2.35. The van der Waals surface area contributed by atoms with Gasteiger partial charge < -0.3 is 10.6 Å². The van der Waals surface area contributed by atoms with Gasteiger partial charge in [-0.2, -0.15) is 0 Å². The number of anilines is 1. The molecule has 1 aromatic carbocycles. The van der Waals surface area contributed by atoms with Gasteiger partial charge in [-0.25, -0.2) is 13.2 Å². The Labute approximate surface area is 114 Å². The Morgan fingerprint density at radius 3 is 2.35 bits per heavy atom. The quantitative estimate of drug-likeness (QED) is 0.816. The third kappa shape index (κ3) is 4.56. The summed E-state index contributed by atoms with van der Waals surface area (Å²) >= 11 is 0. The van der Waals surface area contributed by atoms with E-state index < -0.39 is 29.0 Å². The molecule has 0 aliphatic carbocycles. The fraction of sp³-hybridized carbons (Fsp3) is 0.385. The number of carbonyl (C=O) groups excluding carboxylic acids is 2. The summed E-state index contributed by atoms with van der Waals surface area (Å²) in [5.74, 6) is -5.39. The van der Waals surface area contributed by atoms with E-state index in [4.69, 9.17) is 0 Å². The van der Waals surface area contributed by atoms with Crippen molar-refractivity contribution >= 4 is 17.5 Å². The first-order valence-electron chi connectivity index (χ1n) is 6.01. The van der Waals surface area contributed by atoms with Gasteiger partial charge in [-0.1, -0.05) is 13.8 Å². The fourth-order valence-corrected chi connectivity index (χ4v) is 1.44. The highest BCUT2D eigenvalue weighted by molar-refractivity contribution is 5.94. The number of benzene rings is 1. The van der Waals surface area contributed by atoms with Crippen molar-refractivity contribution < 1.29 is 22.8 Å². The van der Waals surface area contributed by atoms with Gasteiger partial charge in [-0.05, 0) is 18.1 Å². The summed E-state index contributed by atoms with van der Waals surface area (Å²) in [5, 5.41) is 4.39. The Bertz CT molecular complexity index is 519. The lowest BCUT2D eigenvalue weighted by atomic mass is 10.1. The van der Waals surface area contributed by atoms with Crippen LogP contribution < -0.4 is 10.6 Å². The second kappa shape index (κ2) is 6.93. The van der Waals surface area contributed by atoms with Gasteiger partial charge in [0, 0.05) is 6.42 Å². The summed E-state index contributed by atoms with van der Waals surface area (Å²) in [6.45, 7) is 3.32. The van der Waals surface area contributed by atoms with Crippen LogP contribution in [0.25, 0.3) is 0 Å². The molecule has 0 aliphatic heterocycles. The van der Waals surface area contributed by atoms with E-state index in [-0.39, 0.29) is 24.8 Å². The second-order valence-corrected chi connectivity index (χ2v) is 4.65. The summed E-state index contributed by atoms with van der Waals surface area (Å²) in [4.78, 5) is 22.7. The zero-order valence-electron chi connectivity index (χ0n) is 11.1. The summed E-state index contributed by atoms with van der Waals surface area (Å²) in [5.41, 5.74) is -0.480. The SMILES string of the molecule is CC(C)CC(=O)NCC(=O)Nc1ccc(F)c(F)c1F. The molecular formula is C13H15F3N2O2. The highest BCUT2D eigenvalue weighted by Gasteiger charge is 2.15. The largest absolute Gasteiger partial charge is 0.347 e. The lowest BCUT2D eigenvalue weighted by molar-refractivity contribution is -0.124. The van der Waals surface area contributed by atoms with Crippen molar-refractivity contribution in [2.75, 3.05) is 11.9 Å². The standard InChI is InChI=1S/C13H15F3N2O2/c1-7(2)5-10(19)17-6-11(20)18-9-4-3-8(14)12(15)13(9)16/h3-4,7H,5-6H2,1-2H3,(H,17,19)(H,18,20). The molecule has 20 heavy (non-hydrogen) atoms. The van der Waals surface area contributed by atoms with Crippen LogP contribution >= 0.6 is 0 Å². The van der Waals surface area contributed by atoms with Crippen LogP contribution in [0.3, 0.4) is 0 Å². The van der Waals surface area contributed by atoms with Crippen LogP contribution in [0.1, 0.15) is 20.3 Å². The number of hydrogen-bond acceptors (Lipinski definition) is 2. The number of rotatable bonds is 5. The van der Waals surface area contributed by atoms with Crippen LogP contribution in [-0.2, 0) is 9.59 Å². The van der Waals surface area contributed by atoms with Crippen molar-refractivity contribution in [3.8, 4) is 0 Å². The first-order chi connectivity index (χ1) is 9.31. The minimum Gasteiger partial charge on any atom is -0.347 e. The molecule has 0 bridgehead atoms. The Hall–Kier alpha value is -2.05. The maximum atomic E-state index is 13.3. The number of hydrogen-bond donors (Lipinski definition) is 2. The minimum atomic E-state index is -1.66. The first kappa shape index (κ1) is 16.0. The van der Waals surface area contributed by atoms with E-state index in [1.54, 1.807) is 0 Å². The van der Waals surface area contributed by atoms with Crippen LogP contribution in [0.5, 0.6) is 0 Å². The molecule has 1 aromatic rings. The van der Waals surface area contributed by atoms with Crippen molar-refractivity contribution in [1.82, 2.24) is 5.32 Å². The predicted octanol–water partition coefficient (Wildman–Crippen LogP) is 2.20. The van der Waals surface area contributed by atoms with Crippen molar-refractivity contribution in [3.05, 3.63) is 29.6 Å². The number of halogens is 3. The second-order valence-electron chi connectivity index (χ2n) is 4.65. The van der Waals surface area contributed by atoms with Crippen LogP contribution in [0.4, 0.5) is 18.9 Å². The molecule has 1 rings (SSSR count). The smallest absolute Gasteiger partial charge is 0.243 e. The molecule has 0 atom stereocenters. The average molecular weight is 288 g/mol. The first-order valence-corrected chi connectivity index (χ1v) is 6.01. The molecule has 0 radical (unpaired) electrons. The molecule has 0 aromatic heterocycles. The molecule has 2 amide bonds. The third-order valence-corrected chi connectivity index (χ3v) is 2.35. The molecule has 110 valence electrons. The highest BCUT2D eigenvalue weighted by Crippen LogP contribution is 2.19. The summed E-state index contributed by atoms with van der Waals surface area (Å²) < 4.78 is 38.9.